The summed E-state index contributed by atoms with van der Waals surface area (Å²) in [5.74, 6) is 1.48. The molecule has 0 spiro atoms. The number of nitrogens with one attached hydrogen (secondary N) is 2. The molecule has 0 amide bonds. The SMILES string of the molecule is Cc1cc(CNc2nccc(N3CCC[C@H](O)C3)n2)c2[nH]c(C)c(C)c2c1. The number of aromatic nitrogens is 3. The average molecular weight is 365 g/mol. The van der Waals surface area contributed by atoms with E-state index in [4.69, 9.17) is 0 Å². The largest absolute Gasteiger partial charge is 0.391 e. The van der Waals surface area contributed by atoms with Gasteiger partial charge in [-0.1, -0.05) is 11.6 Å². The fraction of sp³-hybridized carbons (Fsp3) is 0.429. The number of aliphatic hydroxyl groups excluding tert-OH is 1. The third-order valence-corrected chi connectivity index (χ3v) is 5.44. The van der Waals surface area contributed by atoms with Crippen molar-refractivity contribution in [3.8, 4) is 0 Å². The van der Waals surface area contributed by atoms with Gasteiger partial charge in [0.1, 0.15) is 5.82 Å². The molecule has 1 saturated heterocycles. The minimum absolute atomic E-state index is 0.273. The molecule has 27 heavy (non-hydrogen) atoms. The molecule has 1 atom stereocenters. The summed E-state index contributed by atoms with van der Waals surface area (Å²) in [6, 6.07) is 6.35. The van der Waals surface area contributed by atoms with E-state index in [0.717, 1.165) is 25.2 Å². The normalized spacial score (nSPS) is 17.5. The Morgan fingerprint density at radius 1 is 1.30 bits per heavy atom. The van der Waals surface area contributed by atoms with Crippen LogP contribution in [0.4, 0.5) is 11.8 Å². The van der Waals surface area contributed by atoms with Crippen LogP contribution in [-0.4, -0.2) is 39.3 Å². The second kappa shape index (κ2) is 7.19. The molecule has 3 heterocycles. The van der Waals surface area contributed by atoms with E-state index in [9.17, 15) is 5.11 Å². The fourth-order valence-electron chi connectivity index (χ4n) is 3.88. The quantitative estimate of drug-likeness (QED) is 0.660. The number of aryl methyl sites for hydroxylation is 3. The van der Waals surface area contributed by atoms with Gasteiger partial charge in [0, 0.05) is 36.9 Å². The summed E-state index contributed by atoms with van der Waals surface area (Å²) in [6.45, 7) is 8.61. The predicted octanol–water partition coefficient (Wildman–Crippen LogP) is 3.46. The summed E-state index contributed by atoms with van der Waals surface area (Å²) in [6.07, 6.45) is 3.36. The van der Waals surface area contributed by atoms with Crippen molar-refractivity contribution < 1.29 is 5.11 Å². The number of piperidine rings is 1. The molecule has 1 fully saturated rings. The molecule has 0 radical (unpaired) electrons. The maximum Gasteiger partial charge on any atom is 0.224 e. The van der Waals surface area contributed by atoms with E-state index < -0.39 is 0 Å². The summed E-state index contributed by atoms with van der Waals surface area (Å²) in [5, 5.41) is 14.6. The molecule has 0 bridgehead atoms. The summed E-state index contributed by atoms with van der Waals surface area (Å²) in [5.41, 5.74) is 6.15. The van der Waals surface area contributed by atoms with Gasteiger partial charge in [-0.05, 0) is 56.9 Å². The van der Waals surface area contributed by atoms with E-state index in [0.29, 0.717) is 19.0 Å². The molecule has 0 unspecified atom stereocenters. The van der Waals surface area contributed by atoms with Crippen LogP contribution in [-0.2, 0) is 6.54 Å². The molecule has 1 aliphatic rings. The van der Waals surface area contributed by atoms with Crippen molar-refractivity contribution in [3.63, 3.8) is 0 Å². The topological polar surface area (TPSA) is 77.1 Å². The van der Waals surface area contributed by atoms with Gasteiger partial charge in [0.15, 0.2) is 0 Å². The van der Waals surface area contributed by atoms with Gasteiger partial charge in [-0.25, -0.2) is 4.98 Å². The number of aromatic amines is 1. The number of benzene rings is 1. The third-order valence-electron chi connectivity index (χ3n) is 5.44. The van der Waals surface area contributed by atoms with E-state index >= 15 is 0 Å². The Morgan fingerprint density at radius 3 is 2.96 bits per heavy atom. The number of hydrogen-bond acceptors (Lipinski definition) is 5. The maximum absolute atomic E-state index is 9.91. The highest BCUT2D eigenvalue weighted by Gasteiger charge is 2.19. The van der Waals surface area contributed by atoms with Gasteiger partial charge in [-0.15, -0.1) is 0 Å². The second-order valence-electron chi connectivity index (χ2n) is 7.56. The van der Waals surface area contributed by atoms with Crippen molar-refractivity contribution in [2.45, 2.75) is 46.3 Å². The molecule has 6 heteroatoms. The number of fused-ring (bicyclic) bond motifs is 1. The van der Waals surface area contributed by atoms with Crippen LogP contribution in [0, 0.1) is 20.8 Å². The third kappa shape index (κ3) is 3.62. The summed E-state index contributed by atoms with van der Waals surface area (Å²) >= 11 is 0. The number of H-pyrrole nitrogens is 1. The molecule has 0 aliphatic carbocycles. The Morgan fingerprint density at radius 2 is 2.15 bits per heavy atom. The first kappa shape index (κ1) is 17.8. The van der Waals surface area contributed by atoms with Crippen molar-refractivity contribution in [1.82, 2.24) is 15.0 Å². The van der Waals surface area contributed by atoms with Crippen LogP contribution in [0.15, 0.2) is 24.4 Å². The molecular weight excluding hydrogens is 338 g/mol. The van der Waals surface area contributed by atoms with Crippen LogP contribution in [0.1, 0.15) is 35.2 Å². The standard InChI is InChI=1S/C21H27N5O/c1-13-9-16(20-18(10-13)14(2)15(3)24-20)11-23-21-22-7-6-19(25-21)26-8-4-5-17(27)12-26/h6-7,9-10,17,24,27H,4-5,8,11-12H2,1-3H3,(H,22,23,25)/t17-/m0/s1. The first-order valence-electron chi connectivity index (χ1n) is 9.59. The minimum Gasteiger partial charge on any atom is -0.391 e. The minimum atomic E-state index is -0.273. The Bertz CT molecular complexity index is 965. The first-order valence-corrected chi connectivity index (χ1v) is 9.59. The van der Waals surface area contributed by atoms with Crippen molar-refractivity contribution in [2.75, 3.05) is 23.3 Å². The second-order valence-corrected chi connectivity index (χ2v) is 7.56. The molecule has 2 aromatic heterocycles. The fourth-order valence-corrected chi connectivity index (χ4v) is 3.88. The van der Waals surface area contributed by atoms with Crippen LogP contribution < -0.4 is 10.2 Å². The zero-order valence-corrected chi connectivity index (χ0v) is 16.2. The monoisotopic (exact) mass is 365 g/mol. The van der Waals surface area contributed by atoms with Crippen molar-refractivity contribution in [2.24, 2.45) is 0 Å². The van der Waals surface area contributed by atoms with Gasteiger partial charge in [-0.3, -0.25) is 0 Å². The molecule has 142 valence electrons. The Balaban J connectivity index is 1.55. The van der Waals surface area contributed by atoms with Crippen LogP contribution in [0.2, 0.25) is 0 Å². The lowest BCUT2D eigenvalue weighted by Crippen LogP contribution is -2.38. The first-order chi connectivity index (χ1) is 13.0. The lowest BCUT2D eigenvalue weighted by Gasteiger charge is -2.31. The van der Waals surface area contributed by atoms with E-state index in [1.807, 2.05) is 6.07 Å². The highest BCUT2D eigenvalue weighted by atomic mass is 16.3. The number of β-amino-alcohol motifs (C(OH)–C–C–N with tert-alkyl or cyclic N) is 1. The molecule has 1 aromatic carbocycles. The van der Waals surface area contributed by atoms with Gasteiger partial charge in [0.05, 0.1) is 11.6 Å². The van der Waals surface area contributed by atoms with E-state index in [-0.39, 0.29) is 6.10 Å². The van der Waals surface area contributed by atoms with Crippen molar-refractivity contribution in [3.05, 3.63) is 46.8 Å². The molecule has 3 aromatic rings. The van der Waals surface area contributed by atoms with Gasteiger partial charge in [0.25, 0.3) is 0 Å². The maximum atomic E-state index is 9.91. The number of aliphatic hydroxyl groups is 1. The highest BCUT2D eigenvalue weighted by molar-refractivity contribution is 5.88. The molecule has 6 nitrogen and oxygen atoms in total. The van der Waals surface area contributed by atoms with Gasteiger partial charge < -0.3 is 20.3 Å². The average Bonchev–Trinajstić information content (AvgIpc) is 2.95. The number of hydrogen-bond donors (Lipinski definition) is 3. The van der Waals surface area contributed by atoms with Crippen LogP contribution in [0.25, 0.3) is 10.9 Å². The van der Waals surface area contributed by atoms with E-state index in [1.165, 1.54) is 33.3 Å². The highest BCUT2D eigenvalue weighted by Crippen LogP contribution is 2.26. The van der Waals surface area contributed by atoms with Crippen molar-refractivity contribution in [1.29, 1.82) is 0 Å². The summed E-state index contributed by atoms with van der Waals surface area (Å²) in [4.78, 5) is 14.7. The smallest absolute Gasteiger partial charge is 0.224 e. The number of nitrogens with zero attached hydrogens (tertiary/aromatic N) is 3. The van der Waals surface area contributed by atoms with Gasteiger partial charge in [-0.2, -0.15) is 4.98 Å². The zero-order chi connectivity index (χ0) is 19.0. The Hall–Kier alpha value is -2.60. The van der Waals surface area contributed by atoms with Crippen LogP contribution in [0.5, 0.6) is 0 Å². The lowest BCUT2D eigenvalue weighted by molar-refractivity contribution is 0.154. The zero-order valence-electron chi connectivity index (χ0n) is 16.2. The van der Waals surface area contributed by atoms with Crippen LogP contribution >= 0.6 is 0 Å². The van der Waals surface area contributed by atoms with Gasteiger partial charge >= 0.3 is 0 Å². The number of anilines is 2. The predicted molar refractivity (Wildman–Crippen MR) is 109 cm³/mol. The van der Waals surface area contributed by atoms with Crippen molar-refractivity contribution >= 4 is 22.7 Å². The summed E-state index contributed by atoms with van der Waals surface area (Å²) < 4.78 is 0. The lowest BCUT2D eigenvalue weighted by atomic mass is 10.0. The molecular formula is C21H27N5O. The van der Waals surface area contributed by atoms with E-state index in [1.54, 1.807) is 6.20 Å². The number of rotatable bonds is 4. The molecule has 3 N–H and O–H groups in total. The van der Waals surface area contributed by atoms with Crippen LogP contribution in [0.3, 0.4) is 0 Å². The molecule has 4 rings (SSSR count). The van der Waals surface area contributed by atoms with E-state index in [2.05, 4.69) is 58.1 Å². The molecule has 1 aliphatic heterocycles. The molecule has 0 saturated carbocycles. The van der Waals surface area contributed by atoms with Gasteiger partial charge in [0.2, 0.25) is 5.95 Å². The Kier molecular flexibility index (Phi) is 4.74. The summed E-state index contributed by atoms with van der Waals surface area (Å²) in [7, 11) is 0. The Labute approximate surface area is 159 Å².